The number of rotatable bonds is 3. The molecule has 1 saturated heterocycles. The summed E-state index contributed by atoms with van der Waals surface area (Å²) < 4.78 is 0. The van der Waals surface area contributed by atoms with Gasteiger partial charge in [-0.2, -0.15) is 0 Å². The van der Waals surface area contributed by atoms with Gasteiger partial charge in [0.1, 0.15) is 0 Å². The van der Waals surface area contributed by atoms with Crippen molar-refractivity contribution in [1.82, 2.24) is 10.6 Å². The highest BCUT2D eigenvalue weighted by atomic mass is 32.2. The van der Waals surface area contributed by atoms with Gasteiger partial charge in [0.05, 0.1) is 5.92 Å². The molecule has 0 spiro atoms. The van der Waals surface area contributed by atoms with E-state index in [-0.39, 0.29) is 11.8 Å². The summed E-state index contributed by atoms with van der Waals surface area (Å²) in [6.45, 7) is 1.85. The standard InChI is InChI=1S/C14H18N2OS/c17-14(16-8-10-4-3-7-15-10)12-9-18-13-6-2-1-5-11(12)13/h1-2,5-6,10,12,15H,3-4,7-9H2,(H,16,17)/t10-,12-/m1/s1. The fourth-order valence-electron chi connectivity index (χ4n) is 2.66. The number of carbonyl (C=O) groups excluding carboxylic acids is 1. The monoisotopic (exact) mass is 262 g/mol. The molecule has 2 N–H and O–H groups in total. The molecule has 2 aliphatic heterocycles. The van der Waals surface area contributed by atoms with Crippen LogP contribution < -0.4 is 10.6 Å². The molecule has 2 atom stereocenters. The normalized spacial score (nSPS) is 26.0. The van der Waals surface area contributed by atoms with Crippen molar-refractivity contribution in [3.05, 3.63) is 29.8 Å². The summed E-state index contributed by atoms with van der Waals surface area (Å²) in [4.78, 5) is 13.5. The third kappa shape index (κ3) is 2.40. The Hall–Kier alpha value is -1.00. The molecule has 18 heavy (non-hydrogen) atoms. The summed E-state index contributed by atoms with van der Waals surface area (Å²) in [5.74, 6) is 1.09. The molecule has 1 fully saturated rings. The van der Waals surface area contributed by atoms with Gasteiger partial charge in [-0.1, -0.05) is 18.2 Å². The molecule has 1 amide bonds. The van der Waals surface area contributed by atoms with Crippen molar-refractivity contribution in [3.8, 4) is 0 Å². The lowest BCUT2D eigenvalue weighted by molar-refractivity contribution is -0.122. The zero-order valence-corrected chi connectivity index (χ0v) is 11.1. The molecular weight excluding hydrogens is 244 g/mol. The first-order chi connectivity index (χ1) is 8.84. The fraction of sp³-hybridized carbons (Fsp3) is 0.500. The molecule has 3 nitrogen and oxygen atoms in total. The second-order valence-corrected chi connectivity index (χ2v) is 6.00. The largest absolute Gasteiger partial charge is 0.354 e. The summed E-state index contributed by atoms with van der Waals surface area (Å²) in [5.41, 5.74) is 1.19. The number of nitrogens with one attached hydrogen (secondary N) is 2. The van der Waals surface area contributed by atoms with E-state index in [0.717, 1.165) is 18.8 Å². The van der Waals surface area contributed by atoms with Crippen LogP contribution in [0.4, 0.5) is 0 Å². The minimum Gasteiger partial charge on any atom is -0.354 e. The molecule has 0 radical (unpaired) electrons. The van der Waals surface area contributed by atoms with Crippen molar-refractivity contribution >= 4 is 17.7 Å². The minimum absolute atomic E-state index is 0.0348. The Kier molecular flexibility index (Phi) is 3.57. The molecule has 0 bridgehead atoms. The van der Waals surface area contributed by atoms with Crippen LogP contribution >= 0.6 is 11.8 Å². The van der Waals surface area contributed by atoms with Crippen LogP contribution in [0.2, 0.25) is 0 Å². The highest BCUT2D eigenvalue weighted by molar-refractivity contribution is 7.99. The fourth-order valence-corrected chi connectivity index (χ4v) is 3.89. The van der Waals surface area contributed by atoms with Crippen molar-refractivity contribution in [1.29, 1.82) is 0 Å². The van der Waals surface area contributed by atoms with Gasteiger partial charge in [0.25, 0.3) is 0 Å². The van der Waals surface area contributed by atoms with Crippen molar-refractivity contribution in [2.45, 2.75) is 29.7 Å². The number of benzene rings is 1. The van der Waals surface area contributed by atoms with Crippen LogP contribution in [0.25, 0.3) is 0 Å². The van der Waals surface area contributed by atoms with Gasteiger partial charge in [-0.15, -0.1) is 11.8 Å². The van der Waals surface area contributed by atoms with Crippen LogP contribution in [-0.4, -0.2) is 30.8 Å². The summed E-state index contributed by atoms with van der Waals surface area (Å²) >= 11 is 1.79. The van der Waals surface area contributed by atoms with Crippen molar-refractivity contribution in [2.24, 2.45) is 0 Å². The van der Waals surface area contributed by atoms with E-state index in [0.29, 0.717) is 6.04 Å². The third-order valence-electron chi connectivity index (χ3n) is 3.70. The van der Waals surface area contributed by atoms with Gasteiger partial charge in [0, 0.05) is 23.2 Å². The van der Waals surface area contributed by atoms with Crippen LogP contribution in [0.15, 0.2) is 29.2 Å². The highest BCUT2D eigenvalue weighted by Crippen LogP contribution is 2.39. The van der Waals surface area contributed by atoms with Crippen LogP contribution in [0.5, 0.6) is 0 Å². The number of hydrogen-bond acceptors (Lipinski definition) is 3. The van der Waals surface area contributed by atoms with E-state index < -0.39 is 0 Å². The Balaban J connectivity index is 1.60. The second kappa shape index (κ2) is 5.33. The zero-order chi connectivity index (χ0) is 12.4. The van der Waals surface area contributed by atoms with Crippen molar-refractivity contribution < 1.29 is 4.79 Å². The molecule has 3 rings (SSSR count). The summed E-state index contributed by atoms with van der Waals surface area (Å²) in [6.07, 6.45) is 2.40. The lowest BCUT2D eigenvalue weighted by atomic mass is 10.0. The zero-order valence-electron chi connectivity index (χ0n) is 10.3. The van der Waals surface area contributed by atoms with Gasteiger partial charge in [-0.3, -0.25) is 4.79 Å². The maximum atomic E-state index is 12.2. The Bertz CT molecular complexity index is 443. The topological polar surface area (TPSA) is 41.1 Å². The van der Waals surface area contributed by atoms with E-state index in [1.807, 2.05) is 12.1 Å². The SMILES string of the molecule is O=C(NC[C@H]1CCCN1)[C@@H]1CSc2ccccc21. The molecule has 96 valence electrons. The average Bonchev–Trinajstić information content (AvgIpc) is 3.05. The van der Waals surface area contributed by atoms with Crippen LogP contribution in [0.1, 0.15) is 24.3 Å². The average molecular weight is 262 g/mol. The first-order valence-electron chi connectivity index (χ1n) is 6.57. The van der Waals surface area contributed by atoms with Crippen molar-refractivity contribution in [2.75, 3.05) is 18.8 Å². The second-order valence-electron chi connectivity index (χ2n) is 4.94. The smallest absolute Gasteiger partial charge is 0.228 e. The van der Waals surface area contributed by atoms with Gasteiger partial charge in [0.15, 0.2) is 0 Å². The Morgan fingerprint density at radius 1 is 1.44 bits per heavy atom. The molecule has 0 aromatic heterocycles. The Labute approximate surface area is 112 Å². The predicted octanol–water partition coefficient (Wildman–Crippen LogP) is 1.74. The van der Waals surface area contributed by atoms with Gasteiger partial charge in [0.2, 0.25) is 5.91 Å². The highest BCUT2D eigenvalue weighted by Gasteiger charge is 2.29. The van der Waals surface area contributed by atoms with E-state index in [1.165, 1.54) is 23.3 Å². The first-order valence-corrected chi connectivity index (χ1v) is 7.56. The number of thioether (sulfide) groups is 1. The Morgan fingerprint density at radius 3 is 3.17 bits per heavy atom. The summed E-state index contributed by atoms with van der Waals surface area (Å²) in [5, 5.41) is 6.49. The minimum atomic E-state index is 0.0348. The molecule has 4 heteroatoms. The van der Waals surface area contributed by atoms with E-state index >= 15 is 0 Å². The molecule has 0 aliphatic carbocycles. The lowest BCUT2D eigenvalue weighted by Gasteiger charge is -2.15. The summed E-state index contributed by atoms with van der Waals surface area (Å²) in [6, 6.07) is 8.70. The van der Waals surface area contributed by atoms with Crippen LogP contribution in [-0.2, 0) is 4.79 Å². The predicted molar refractivity (Wildman–Crippen MR) is 73.9 cm³/mol. The number of amides is 1. The number of hydrogen-bond donors (Lipinski definition) is 2. The molecule has 0 unspecified atom stereocenters. The maximum absolute atomic E-state index is 12.2. The molecule has 2 aliphatic rings. The molecule has 1 aromatic rings. The first kappa shape index (κ1) is 12.1. The third-order valence-corrected chi connectivity index (χ3v) is 4.88. The van der Waals surface area contributed by atoms with Crippen LogP contribution in [0, 0.1) is 0 Å². The number of fused-ring (bicyclic) bond motifs is 1. The van der Waals surface area contributed by atoms with E-state index in [4.69, 9.17) is 0 Å². The number of carbonyl (C=O) groups is 1. The van der Waals surface area contributed by atoms with Gasteiger partial charge < -0.3 is 10.6 Å². The van der Waals surface area contributed by atoms with Crippen LogP contribution in [0.3, 0.4) is 0 Å². The maximum Gasteiger partial charge on any atom is 0.228 e. The van der Waals surface area contributed by atoms with Gasteiger partial charge in [-0.25, -0.2) is 0 Å². The molecular formula is C14H18N2OS. The molecule has 2 heterocycles. The quantitative estimate of drug-likeness (QED) is 0.872. The Morgan fingerprint density at radius 2 is 2.33 bits per heavy atom. The van der Waals surface area contributed by atoms with E-state index in [1.54, 1.807) is 11.8 Å². The van der Waals surface area contributed by atoms with Gasteiger partial charge >= 0.3 is 0 Å². The molecule has 1 aromatic carbocycles. The van der Waals surface area contributed by atoms with E-state index in [9.17, 15) is 4.79 Å². The molecule has 0 saturated carbocycles. The lowest BCUT2D eigenvalue weighted by Crippen LogP contribution is -2.39. The van der Waals surface area contributed by atoms with Crippen molar-refractivity contribution in [3.63, 3.8) is 0 Å². The van der Waals surface area contributed by atoms with E-state index in [2.05, 4.69) is 22.8 Å². The summed E-state index contributed by atoms with van der Waals surface area (Å²) in [7, 11) is 0. The van der Waals surface area contributed by atoms with Gasteiger partial charge in [-0.05, 0) is 31.0 Å².